The van der Waals surface area contributed by atoms with E-state index in [1.54, 1.807) is 18.2 Å². The highest BCUT2D eigenvalue weighted by Gasteiger charge is 2.18. The zero-order chi connectivity index (χ0) is 25.1. The maximum Gasteiger partial charge on any atom is 0.257 e. The molecule has 3 amide bonds. The molecule has 0 heterocycles. The second-order valence-electron chi connectivity index (χ2n) is 6.87. The Balaban J connectivity index is 2.11. The van der Waals surface area contributed by atoms with Gasteiger partial charge in [-0.05, 0) is 36.8 Å². The molecule has 0 saturated carbocycles. The van der Waals surface area contributed by atoms with Gasteiger partial charge in [-0.1, -0.05) is 6.07 Å². The van der Waals surface area contributed by atoms with Crippen LogP contribution in [-0.2, 0) is 16.1 Å². The maximum atomic E-state index is 12.8. The Morgan fingerprint density at radius 3 is 2.03 bits per heavy atom. The van der Waals surface area contributed by atoms with E-state index in [1.807, 2.05) is 6.92 Å². The van der Waals surface area contributed by atoms with Crippen LogP contribution < -0.4 is 40.1 Å². The minimum Gasteiger partial charge on any atom is -0.493 e. The first-order chi connectivity index (χ1) is 16.3. The van der Waals surface area contributed by atoms with Crippen molar-refractivity contribution in [2.24, 2.45) is 5.73 Å². The van der Waals surface area contributed by atoms with Gasteiger partial charge >= 0.3 is 0 Å². The second kappa shape index (κ2) is 12.8. The highest BCUT2D eigenvalue weighted by atomic mass is 16.5. The Labute approximate surface area is 197 Å². The molecular weight excluding hydrogens is 446 g/mol. The van der Waals surface area contributed by atoms with Crippen LogP contribution in [0.4, 0.5) is 0 Å². The summed E-state index contributed by atoms with van der Waals surface area (Å²) >= 11 is 0. The Morgan fingerprint density at radius 1 is 0.824 bits per heavy atom. The second-order valence-corrected chi connectivity index (χ2v) is 6.87. The molecule has 4 N–H and O–H groups in total. The van der Waals surface area contributed by atoms with Crippen LogP contribution in [0.15, 0.2) is 30.3 Å². The fraction of sp³-hybridized carbons (Fsp3) is 0.348. The number of nitrogens with one attached hydrogen (secondary N) is 2. The number of primary amides is 1. The molecule has 0 saturated heterocycles. The molecule has 0 atom stereocenters. The van der Waals surface area contributed by atoms with Crippen molar-refractivity contribution in [1.82, 2.24) is 10.6 Å². The molecule has 0 aliphatic heterocycles. The van der Waals surface area contributed by atoms with Gasteiger partial charge in [0.05, 0.1) is 21.3 Å². The van der Waals surface area contributed by atoms with Crippen LogP contribution in [0.3, 0.4) is 0 Å². The number of hydrogen-bond acceptors (Lipinski definition) is 8. The number of likely N-dealkylation sites (N-methyl/N-ethyl adjacent to an activating group) is 1. The van der Waals surface area contributed by atoms with Crippen LogP contribution >= 0.6 is 0 Å². The predicted molar refractivity (Wildman–Crippen MR) is 123 cm³/mol. The molecule has 0 aromatic heterocycles. The van der Waals surface area contributed by atoms with Gasteiger partial charge in [0.1, 0.15) is 0 Å². The average Bonchev–Trinajstić information content (AvgIpc) is 2.84. The van der Waals surface area contributed by atoms with Crippen molar-refractivity contribution in [3.63, 3.8) is 0 Å². The first kappa shape index (κ1) is 26.1. The summed E-state index contributed by atoms with van der Waals surface area (Å²) in [5.41, 5.74) is 6.13. The zero-order valence-corrected chi connectivity index (χ0v) is 19.6. The molecular formula is C23H29N3O8. The zero-order valence-electron chi connectivity index (χ0n) is 19.6. The molecule has 0 fully saturated rings. The minimum atomic E-state index is -0.665. The Morgan fingerprint density at radius 2 is 1.47 bits per heavy atom. The smallest absolute Gasteiger partial charge is 0.257 e. The number of rotatable bonds is 13. The number of carbonyl (C=O) groups excluding carboxylic acids is 3. The summed E-state index contributed by atoms with van der Waals surface area (Å²) in [5, 5.41) is 5.45. The fourth-order valence-corrected chi connectivity index (χ4v) is 2.91. The lowest BCUT2D eigenvalue weighted by molar-refractivity contribution is -0.123. The molecule has 0 bridgehead atoms. The van der Waals surface area contributed by atoms with Crippen LogP contribution in [0.5, 0.6) is 28.7 Å². The van der Waals surface area contributed by atoms with Crippen LogP contribution in [0.1, 0.15) is 22.8 Å². The lowest BCUT2D eigenvalue weighted by atomic mass is 10.1. The van der Waals surface area contributed by atoms with Gasteiger partial charge in [0.15, 0.2) is 36.2 Å². The van der Waals surface area contributed by atoms with Gasteiger partial charge < -0.3 is 40.1 Å². The predicted octanol–water partition coefficient (Wildman–Crippen LogP) is 1.02. The van der Waals surface area contributed by atoms with E-state index in [4.69, 9.17) is 29.4 Å². The van der Waals surface area contributed by atoms with Crippen molar-refractivity contribution in [3.8, 4) is 28.7 Å². The van der Waals surface area contributed by atoms with Crippen molar-refractivity contribution >= 4 is 17.7 Å². The number of ether oxygens (including phenoxy) is 5. The minimum absolute atomic E-state index is 0.136. The number of hydrogen-bond donors (Lipinski definition) is 3. The van der Waals surface area contributed by atoms with E-state index in [0.29, 0.717) is 18.0 Å². The molecule has 34 heavy (non-hydrogen) atoms. The summed E-state index contributed by atoms with van der Waals surface area (Å²) in [5.74, 6) is 0.115. The maximum absolute atomic E-state index is 12.8. The normalized spacial score (nSPS) is 10.1. The molecule has 0 aliphatic rings. The molecule has 184 valence electrons. The molecule has 2 rings (SSSR count). The first-order valence-corrected chi connectivity index (χ1v) is 10.3. The van der Waals surface area contributed by atoms with Crippen LogP contribution in [0.2, 0.25) is 0 Å². The van der Waals surface area contributed by atoms with Crippen molar-refractivity contribution in [3.05, 3.63) is 41.5 Å². The molecule has 0 spiro atoms. The summed E-state index contributed by atoms with van der Waals surface area (Å²) in [6, 6.07) is 8.05. The molecule has 11 nitrogen and oxygen atoms in total. The molecule has 0 unspecified atom stereocenters. The van der Waals surface area contributed by atoms with Gasteiger partial charge in [-0.25, -0.2) is 0 Å². The number of nitrogens with two attached hydrogens (primary N) is 1. The van der Waals surface area contributed by atoms with Crippen molar-refractivity contribution in [2.75, 3.05) is 41.1 Å². The van der Waals surface area contributed by atoms with E-state index in [9.17, 15) is 14.4 Å². The number of benzene rings is 2. The monoisotopic (exact) mass is 475 g/mol. The van der Waals surface area contributed by atoms with E-state index in [0.717, 1.165) is 5.56 Å². The SMILES string of the molecule is CCNC(=O)COc1ccc(CNC(=O)c2cc(OC)c(OCC(N)=O)c(OC)c2)cc1OC. The fourth-order valence-electron chi connectivity index (χ4n) is 2.91. The van der Waals surface area contributed by atoms with Gasteiger partial charge in [-0.15, -0.1) is 0 Å². The number of methoxy groups -OCH3 is 3. The van der Waals surface area contributed by atoms with E-state index in [1.165, 1.54) is 33.5 Å². The van der Waals surface area contributed by atoms with Gasteiger partial charge in [-0.2, -0.15) is 0 Å². The number of amides is 3. The molecule has 0 aliphatic carbocycles. The van der Waals surface area contributed by atoms with E-state index in [-0.39, 0.29) is 48.5 Å². The largest absolute Gasteiger partial charge is 0.493 e. The standard InChI is InChI=1S/C23H29N3O8/c1-5-25-21(28)13-33-16-7-6-14(8-17(16)30-2)11-26-23(29)15-9-18(31-3)22(19(10-15)32-4)34-12-20(24)27/h6-10H,5,11-13H2,1-4H3,(H2,24,27)(H,25,28)(H,26,29). The Hall–Kier alpha value is -4.15. The quantitative estimate of drug-likeness (QED) is 0.389. The average molecular weight is 475 g/mol. The van der Waals surface area contributed by atoms with Crippen LogP contribution in [0, 0.1) is 0 Å². The third-order valence-electron chi connectivity index (χ3n) is 4.50. The topological polar surface area (TPSA) is 147 Å². The summed E-state index contributed by atoms with van der Waals surface area (Å²) in [7, 11) is 4.28. The van der Waals surface area contributed by atoms with Crippen LogP contribution in [-0.4, -0.2) is 58.8 Å². The molecule has 2 aromatic carbocycles. The third-order valence-corrected chi connectivity index (χ3v) is 4.50. The summed E-state index contributed by atoms with van der Waals surface area (Å²) in [6.07, 6.45) is 0. The van der Waals surface area contributed by atoms with Crippen LogP contribution in [0.25, 0.3) is 0 Å². The highest BCUT2D eigenvalue weighted by molar-refractivity contribution is 5.95. The van der Waals surface area contributed by atoms with E-state index in [2.05, 4.69) is 10.6 Å². The van der Waals surface area contributed by atoms with Gasteiger partial charge in [0.25, 0.3) is 17.7 Å². The molecule has 11 heteroatoms. The molecule has 0 radical (unpaired) electrons. The third kappa shape index (κ3) is 7.19. The van der Waals surface area contributed by atoms with Crippen molar-refractivity contribution in [2.45, 2.75) is 13.5 Å². The van der Waals surface area contributed by atoms with Gasteiger partial charge in [0.2, 0.25) is 5.75 Å². The Bertz CT molecular complexity index is 1000. The first-order valence-electron chi connectivity index (χ1n) is 10.3. The van der Waals surface area contributed by atoms with Crippen molar-refractivity contribution in [1.29, 1.82) is 0 Å². The highest BCUT2D eigenvalue weighted by Crippen LogP contribution is 2.38. The van der Waals surface area contributed by atoms with Gasteiger partial charge in [-0.3, -0.25) is 14.4 Å². The molecule has 2 aromatic rings. The van der Waals surface area contributed by atoms with Gasteiger partial charge in [0, 0.05) is 18.7 Å². The summed E-state index contributed by atoms with van der Waals surface area (Å²) in [6.45, 7) is 2.02. The number of carbonyl (C=O) groups is 3. The van der Waals surface area contributed by atoms with E-state index >= 15 is 0 Å². The lowest BCUT2D eigenvalue weighted by Crippen LogP contribution is -2.28. The summed E-state index contributed by atoms with van der Waals surface area (Å²) in [4.78, 5) is 35.4. The van der Waals surface area contributed by atoms with Crippen molar-refractivity contribution < 1.29 is 38.1 Å². The summed E-state index contributed by atoms with van der Waals surface area (Å²) < 4.78 is 26.7. The Kier molecular flexibility index (Phi) is 9.81. The lowest BCUT2D eigenvalue weighted by Gasteiger charge is -2.16. The van der Waals surface area contributed by atoms with E-state index < -0.39 is 11.8 Å².